The van der Waals surface area contributed by atoms with E-state index in [0.29, 0.717) is 18.2 Å². The Morgan fingerprint density at radius 1 is 1.09 bits per heavy atom. The molecule has 8 heteroatoms. The molecule has 1 atom stereocenters. The van der Waals surface area contributed by atoms with Crippen molar-refractivity contribution in [2.24, 2.45) is 0 Å². The number of nitrogens with zero attached hydrogens (tertiary/aromatic N) is 2. The Bertz CT molecular complexity index is 1130. The Balaban J connectivity index is 1.05. The first kappa shape index (κ1) is 20.8. The van der Waals surface area contributed by atoms with Crippen molar-refractivity contribution in [1.82, 2.24) is 15.1 Å². The van der Waals surface area contributed by atoms with Crippen molar-refractivity contribution in [3.05, 3.63) is 58.1 Å². The summed E-state index contributed by atoms with van der Waals surface area (Å²) in [6, 6.07) is 12.1. The van der Waals surface area contributed by atoms with Crippen LogP contribution in [-0.2, 0) is 16.6 Å². The van der Waals surface area contributed by atoms with E-state index in [1.54, 1.807) is 0 Å². The van der Waals surface area contributed by atoms with E-state index in [2.05, 4.69) is 27.7 Å². The van der Waals surface area contributed by atoms with Gasteiger partial charge in [-0.3, -0.25) is 9.69 Å². The maximum atomic E-state index is 12.8. The molecule has 4 heterocycles. The van der Waals surface area contributed by atoms with E-state index in [0.717, 1.165) is 62.4 Å². The van der Waals surface area contributed by atoms with Gasteiger partial charge in [-0.25, -0.2) is 4.79 Å². The van der Waals surface area contributed by atoms with Crippen molar-refractivity contribution in [3.8, 4) is 5.75 Å². The molecule has 33 heavy (non-hydrogen) atoms. The summed E-state index contributed by atoms with van der Waals surface area (Å²) < 4.78 is 6.08. The van der Waals surface area contributed by atoms with Gasteiger partial charge >= 0.3 is 6.03 Å². The molecule has 4 aliphatic rings. The van der Waals surface area contributed by atoms with E-state index >= 15 is 0 Å². The van der Waals surface area contributed by atoms with Crippen molar-refractivity contribution in [3.63, 3.8) is 0 Å². The van der Waals surface area contributed by atoms with Crippen molar-refractivity contribution < 1.29 is 14.3 Å². The molecule has 0 saturated carbocycles. The van der Waals surface area contributed by atoms with Crippen LogP contribution in [0.1, 0.15) is 35.6 Å². The molecular weight excluding hydrogens is 440 g/mol. The molecule has 2 N–H and O–H groups in total. The van der Waals surface area contributed by atoms with Crippen LogP contribution >= 0.6 is 11.6 Å². The van der Waals surface area contributed by atoms with Crippen molar-refractivity contribution >= 4 is 29.2 Å². The first-order chi connectivity index (χ1) is 16.0. The third-order valence-corrected chi connectivity index (χ3v) is 7.98. The maximum Gasteiger partial charge on any atom is 0.318 e. The Morgan fingerprint density at radius 2 is 1.94 bits per heavy atom. The predicted molar refractivity (Wildman–Crippen MR) is 126 cm³/mol. The monoisotopic (exact) mass is 466 g/mol. The number of carbonyl (C=O) groups is 2. The van der Waals surface area contributed by atoms with E-state index in [9.17, 15) is 9.59 Å². The van der Waals surface area contributed by atoms with Crippen LogP contribution in [0.5, 0.6) is 5.75 Å². The summed E-state index contributed by atoms with van der Waals surface area (Å²) >= 11 is 6.22. The fourth-order valence-electron chi connectivity index (χ4n) is 5.86. The molecule has 0 radical (unpaired) electrons. The largest absolute Gasteiger partial charge is 0.492 e. The summed E-state index contributed by atoms with van der Waals surface area (Å²) in [5.41, 5.74) is 3.98. The zero-order valence-corrected chi connectivity index (χ0v) is 19.2. The molecule has 3 amide bonds. The average Bonchev–Trinajstić information content (AvgIpc) is 3.33. The van der Waals surface area contributed by atoms with E-state index in [1.165, 1.54) is 11.1 Å². The van der Waals surface area contributed by atoms with Crippen LogP contribution in [0.4, 0.5) is 10.5 Å². The first-order valence-electron chi connectivity index (χ1n) is 11.7. The summed E-state index contributed by atoms with van der Waals surface area (Å²) in [6.45, 7) is 4.57. The van der Waals surface area contributed by atoms with Crippen molar-refractivity contribution in [1.29, 1.82) is 0 Å². The quantitative estimate of drug-likeness (QED) is 0.725. The smallest absolute Gasteiger partial charge is 0.318 e. The van der Waals surface area contributed by atoms with Gasteiger partial charge in [0.05, 0.1) is 11.5 Å². The molecule has 2 saturated heterocycles. The molecule has 7 nitrogen and oxygen atoms in total. The lowest BCUT2D eigenvalue weighted by atomic mass is 9.73. The predicted octanol–water partition coefficient (Wildman–Crippen LogP) is 3.33. The molecule has 0 aliphatic carbocycles. The third-order valence-electron chi connectivity index (χ3n) is 7.75. The highest BCUT2D eigenvalue weighted by atomic mass is 35.5. The number of ether oxygens (including phenoxy) is 1. The number of rotatable bonds is 4. The number of carbonyl (C=O) groups excluding carboxylic acids is 2. The number of nitrogens with one attached hydrogen (secondary N) is 2. The lowest BCUT2D eigenvalue weighted by molar-refractivity contribution is -0.122. The van der Waals surface area contributed by atoms with Gasteiger partial charge in [-0.15, -0.1) is 0 Å². The summed E-state index contributed by atoms with van der Waals surface area (Å²) in [5, 5.41) is 6.65. The molecule has 0 aromatic heterocycles. The fraction of sp³-hybridized carbons (Fsp3) is 0.440. The van der Waals surface area contributed by atoms with Gasteiger partial charge in [0.2, 0.25) is 5.91 Å². The second kappa shape index (κ2) is 7.92. The summed E-state index contributed by atoms with van der Waals surface area (Å²) in [4.78, 5) is 29.0. The Kier molecular flexibility index (Phi) is 4.99. The fourth-order valence-corrected chi connectivity index (χ4v) is 6.03. The average molecular weight is 467 g/mol. The lowest BCUT2D eigenvalue weighted by Gasteiger charge is -2.38. The Morgan fingerprint density at radius 3 is 2.79 bits per heavy atom. The van der Waals surface area contributed by atoms with Gasteiger partial charge in [-0.1, -0.05) is 17.7 Å². The molecule has 0 bridgehead atoms. The minimum Gasteiger partial charge on any atom is -0.492 e. The number of urea groups is 1. The molecule has 2 aromatic rings. The first-order valence-corrected chi connectivity index (χ1v) is 12.1. The number of benzene rings is 2. The van der Waals surface area contributed by atoms with Crippen LogP contribution in [0, 0.1) is 0 Å². The van der Waals surface area contributed by atoms with Gasteiger partial charge in [0.15, 0.2) is 0 Å². The highest BCUT2D eigenvalue weighted by Crippen LogP contribution is 2.45. The highest BCUT2D eigenvalue weighted by Gasteiger charge is 2.48. The zero-order valence-electron chi connectivity index (χ0n) is 18.4. The van der Waals surface area contributed by atoms with Crippen LogP contribution < -0.4 is 15.4 Å². The molecule has 172 valence electrons. The van der Waals surface area contributed by atoms with E-state index in [-0.39, 0.29) is 18.0 Å². The van der Waals surface area contributed by atoms with Gasteiger partial charge in [0, 0.05) is 30.3 Å². The molecular formula is C25H27ClN4O3. The zero-order chi connectivity index (χ0) is 22.6. The van der Waals surface area contributed by atoms with Gasteiger partial charge in [0.25, 0.3) is 0 Å². The topological polar surface area (TPSA) is 73.9 Å². The van der Waals surface area contributed by atoms with Crippen molar-refractivity contribution in [2.45, 2.75) is 30.7 Å². The normalized spacial score (nSPS) is 23.1. The Hall–Kier alpha value is -2.77. The Labute approximate surface area is 198 Å². The van der Waals surface area contributed by atoms with Gasteiger partial charge in [0.1, 0.15) is 12.4 Å². The maximum absolute atomic E-state index is 12.8. The summed E-state index contributed by atoms with van der Waals surface area (Å²) in [7, 11) is 0. The van der Waals surface area contributed by atoms with Gasteiger partial charge < -0.3 is 20.3 Å². The molecule has 6 rings (SSSR count). The van der Waals surface area contributed by atoms with E-state index in [1.807, 2.05) is 29.2 Å². The molecule has 1 spiro atoms. The second-order valence-electron chi connectivity index (χ2n) is 9.42. The minimum absolute atomic E-state index is 0.0379. The number of hydrogen-bond donors (Lipinski definition) is 2. The summed E-state index contributed by atoms with van der Waals surface area (Å²) in [6.07, 6.45) is 2.43. The van der Waals surface area contributed by atoms with Gasteiger partial charge in [-0.05, 0) is 79.4 Å². The number of likely N-dealkylation sites (tertiary alicyclic amines) is 1. The number of halogens is 1. The number of fused-ring (bicyclic) bond motifs is 5. The van der Waals surface area contributed by atoms with Crippen LogP contribution in [-0.4, -0.2) is 61.1 Å². The molecule has 2 fully saturated rings. The highest BCUT2D eigenvalue weighted by molar-refractivity contribution is 6.31. The van der Waals surface area contributed by atoms with Crippen LogP contribution in [0.25, 0.3) is 0 Å². The molecule has 2 aromatic carbocycles. The SMILES string of the molecule is O=C1NC[C@@H]2c3ccc(OCCN4CCC5(CC4)C(=O)Nc4ccc(Cl)cc45)cc3CCN12. The second-order valence-corrected chi connectivity index (χ2v) is 9.86. The van der Waals surface area contributed by atoms with Gasteiger partial charge in [-0.2, -0.15) is 0 Å². The van der Waals surface area contributed by atoms with Crippen LogP contribution in [0.15, 0.2) is 36.4 Å². The molecule has 0 unspecified atom stereocenters. The van der Waals surface area contributed by atoms with Crippen LogP contribution in [0.3, 0.4) is 0 Å². The van der Waals surface area contributed by atoms with E-state index < -0.39 is 5.41 Å². The number of amides is 3. The minimum atomic E-state index is -0.458. The standard InChI is InChI=1S/C25H27ClN4O3/c26-17-1-4-21-20(14-17)25(23(31)28-21)6-9-29(10-7-25)11-12-33-18-2-3-19-16(13-18)5-8-30-22(19)15-27-24(30)32/h1-4,13-14,22H,5-12,15H2,(H,27,32)(H,28,31)/t22-/m1/s1. The van der Waals surface area contributed by atoms with Crippen LogP contribution in [0.2, 0.25) is 5.02 Å². The number of hydrogen-bond acceptors (Lipinski definition) is 4. The third kappa shape index (κ3) is 3.45. The lowest BCUT2D eigenvalue weighted by Crippen LogP contribution is -2.47. The number of anilines is 1. The number of piperidine rings is 1. The molecule has 4 aliphatic heterocycles. The van der Waals surface area contributed by atoms with E-state index in [4.69, 9.17) is 16.3 Å². The summed E-state index contributed by atoms with van der Waals surface area (Å²) in [5.74, 6) is 0.981. The van der Waals surface area contributed by atoms with Crippen molar-refractivity contribution in [2.75, 3.05) is 44.6 Å².